The monoisotopic (exact) mass is 381 g/mol. The first-order valence-electron chi connectivity index (χ1n) is 9.28. The lowest BCUT2D eigenvalue weighted by atomic mass is 10.1. The van der Waals surface area contributed by atoms with Crippen LogP contribution in [0.1, 0.15) is 21.7 Å². The number of para-hydroxylation sites is 1. The summed E-state index contributed by atoms with van der Waals surface area (Å²) in [6, 6.07) is 30.2. The lowest BCUT2D eigenvalue weighted by Crippen LogP contribution is -2.04. The molecule has 0 amide bonds. The highest BCUT2D eigenvalue weighted by Crippen LogP contribution is 2.23. The Morgan fingerprint density at radius 2 is 1.52 bits per heavy atom. The number of benzene rings is 3. The number of aliphatic imine (C=N–C) groups is 1. The van der Waals surface area contributed by atoms with E-state index < -0.39 is 0 Å². The van der Waals surface area contributed by atoms with Crippen LogP contribution >= 0.6 is 0 Å². The Balaban J connectivity index is 1.39. The van der Waals surface area contributed by atoms with Crippen LogP contribution in [0.15, 0.2) is 106 Å². The molecule has 1 heterocycles. The maximum atomic E-state index is 12.2. The number of ether oxygens (including phenoxy) is 1. The fourth-order valence-electron chi connectivity index (χ4n) is 2.81. The van der Waals surface area contributed by atoms with Gasteiger partial charge in [0.25, 0.3) is 0 Å². The van der Waals surface area contributed by atoms with Crippen LogP contribution in [0, 0.1) is 0 Å². The first kappa shape index (κ1) is 18.4. The fraction of sp³-hybridized carbons (Fsp3) is 0.0400. The first-order chi connectivity index (χ1) is 14.3. The highest BCUT2D eigenvalue weighted by atomic mass is 16.5. The summed E-state index contributed by atoms with van der Waals surface area (Å²) in [5.41, 5.74) is 3.20. The van der Waals surface area contributed by atoms with E-state index in [0.717, 1.165) is 16.8 Å². The minimum absolute atomic E-state index is 0.254. The summed E-state index contributed by atoms with van der Waals surface area (Å²) >= 11 is 0. The zero-order chi connectivity index (χ0) is 19.9. The lowest BCUT2D eigenvalue weighted by molar-refractivity contribution is 0.0472. The van der Waals surface area contributed by atoms with Crippen LogP contribution in [0.25, 0.3) is 11.3 Å². The van der Waals surface area contributed by atoms with Crippen molar-refractivity contribution in [1.82, 2.24) is 0 Å². The van der Waals surface area contributed by atoms with E-state index in [-0.39, 0.29) is 12.6 Å². The van der Waals surface area contributed by atoms with E-state index in [9.17, 15) is 4.79 Å². The Kier molecular flexibility index (Phi) is 5.63. The zero-order valence-electron chi connectivity index (χ0n) is 15.7. The van der Waals surface area contributed by atoms with Gasteiger partial charge in [0.1, 0.15) is 18.1 Å². The Morgan fingerprint density at radius 1 is 0.828 bits per heavy atom. The normalized spacial score (nSPS) is 10.9. The Morgan fingerprint density at radius 3 is 2.24 bits per heavy atom. The number of furan rings is 1. The molecule has 4 rings (SSSR count). The van der Waals surface area contributed by atoms with Gasteiger partial charge >= 0.3 is 5.97 Å². The molecule has 0 aliphatic carbocycles. The molecule has 4 nitrogen and oxygen atoms in total. The smallest absolute Gasteiger partial charge is 0.338 e. The van der Waals surface area contributed by atoms with E-state index in [4.69, 9.17) is 9.15 Å². The van der Waals surface area contributed by atoms with E-state index in [1.165, 1.54) is 0 Å². The molecule has 0 saturated heterocycles. The highest BCUT2D eigenvalue weighted by Gasteiger charge is 2.09. The first-order valence-corrected chi connectivity index (χ1v) is 9.28. The van der Waals surface area contributed by atoms with Gasteiger partial charge in [-0.2, -0.15) is 0 Å². The Hall–Kier alpha value is -3.92. The summed E-state index contributed by atoms with van der Waals surface area (Å²) in [5.74, 6) is 1.02. The van der Waals surface area contributed by atoms with E-state index in [0.29, 0.717) is 17.1 Å². The molecule has 0 aliphatic rings. The maximum absolute atomic E-state index is 12.2. The average Bonchev–Trinajstić information content (AvgIpc) is 3.27. The Labute approximate surface area is 169 Å². The second kappa shape index (κ2) is 8.85. The summed E-state index contributed by atoms with van der Waals surface area (Å²) < 4.78 is 11.2. The molecular weight excluding hydrogens is 362 g/mol. The fourth-order valence-corrected chi connectivity index (χ4v) is 2.81. The van der Waals surface area contributed by atoms with Crippen LogP contribution in [0.5, 0.6) is 0 Å². The van der Waals surface area contributed by atoms with Crippen LogP contribution < -0.4 is 0 Å². The third-order valence-electron chi connectivity index (χ3n) is 4.34. The molecule has 0 unspecified atom stereocenters. The third kappa shape index (κ3) is 4.87. The van der Waals surface area contributed by atoms with Gasteiger partial charge in [-0.1, -0.05) is 60.7 Å². The van der Waals surface area contributed by atoms with Crippen LogP contribution in [0.3, 0.4) is 0 Å². The minimum atomic E-state index is -0.351. The molecule has 142 valence electrons. The SMILES string of the molecule is O=C(OCc1ccccc1)c1ccc(-c2ccc(C=Nc3ccccc3)o2)cc1. The van der Waals surface area contributed by atoms with Crippen molar-refractivity contribution in [2.75, 3.05) is 0 Å². The summed E-state index contributed by atoms with van der Waals surface area (Å²) in [6.45, 7) is 0.254. The number of hydrogen-bond acceptors (Lipinski definition) is 4. The van der Waals surface area contributed by atoms with E-state index >= 15 is 0 Å². The summed E-state index contributed by atoms with van der Waals surface area (Å²) in [5, 5.41) is 0. The van der Waals surface area contributed by atoms with Crippen molar-refractivity contribution < 1.29 is 13.9 Å². The van der Waals surface area contributed by atoms with Crippen LogP contribution in [0.4, 0.5) is 5.69 Å². The van der Waals surface area contributed by atoms with Crippen molar-refractivity contribution in [1.29, 1.82) is 0 Å². The molecule has 1 aromatic heterocycles. The molecule has 0 spiro atoms. The van der Waals surface area contributed by atoms with Gasteiger partial charge in [0.15, 0.2) is 0 Å². The number of rotatable bonds is 6. The van der Waals surface area contributed by atoms with Crippen molar-refractivity contribution >= 4 is 17.9 Å². The van der Waals surface area contributed by atoms with Gasteiger partial charge in [-0.15, -0.1) is 0 Å². The predicted molar refractivity (Wildman–Crippen MR) is 113 cm³/mol. The largest absolute Gasteiger partial charge is 0.457 e. The molecule has 0 bridgehead atoms. The Bertz CT molecular complexity index is 1100. The number of hydrogen-bond donors (Lipinski definition) is 0. The predicted octanol–water partition coefficient (Wildman–Crippen LogP) is 6.05. The van der Waals surface area contributed by atoms with Gasteiger partial charge < -0.3 is 9.15 Å². The molecule has 0 radical (unpaired) electrons. The van der Waals surface area contributed by atoms with Crippen LogP contribution in [-0.4, -0.2) is 12.2 Å². The zero-order valence-corrected chi connectivity index (χ0v) is 15.7. The highest BCUT2D eigenvalue weighted by molar-refractivity contribution is 5.90. The van der Waals surface area contributed by atoms with Gasteiger partial charge in [0.2, 0.25) is 0 Å². The van der Waals surface area contributed by atoms with Crippen LogP contribution in [0.2, 0.25) is 0 Å². The van der Waals surface area contributed by atoms with Crippen LogP contribution in [-0.2, 0) is 11.3 Å². The van der Waals surface area contributed by atoms with Crippen molar-refractivity contribution in [3.05, 3.63) is 114 Å². The van der Waals surface area contributed by atoms with Gasteiger partial charge in [0.05, 0.1) is 17.5 Å². The number of carbonyl (C=O) groups excluding carboxylic acids is 1. The van der Waals surface area contributed by atoms with Crippen molar-refractivity contribution in [3.8, 4) is 11.3 Å². The number of esters is 1. The topological polar surface area (TPSA) is 51.8 Å². The second-order valence-electron chi connectivity index (χ2n) is 6.43. The average molecular weight is 381 g/mol. The molecule has 29 heavy (non-hydrogen) atoms. The quantitative estimate of drug-likeness (QED) is 0.302. The lowest BCUT2D eigenvalue weighted by Gasteiger charge is -2.05. The second-order valence-corrected chi connectivity index (χ2v) is 6.43. The molecule has 0 N–H and O–H groups in total. The van der Waals surface area contributed by atoms with Gasteiger partial charge in [0, 0.05) is 5.56 Å². The molecule has 0 atom stereocenters. The van der Waals surface area contributed by atoms with Gasteiger partial charge in [-0.05, 0) is 42.0 Å². The summed E-state index contributed by atoms with van der Waals surface area (Å²) in [4.78, 5) is 16.6. The number of carbonyl (C=O) groups is 1. The van der Waals surface area contributed by atoms with E-state index in [1.54, 1.807) is 18.3 Å². The summed E-state index contributed by atoms with van der Waals surface area (Å²) in [6.07, 6.45) is 1.69. The maximum Gasteiger partial charge on any atom is 0.338 e. The van der Waals surface area contributed by atoms with Crippen molar-refractivity contribution in [2.45, 2.75) is 6.61 Å². The number of nitrogens with zero attached hydrogens (tertiary/aromatic N) is 1. The molecule has 4 heteroatoms. The molecule has 0 fully saturated rings. The molecule has 4 aromatic rings. The van der Waals surface area contributed by atoms with Crippen molar-refractivity contribution in [3.63, 3.8) is 0 Å². The van der Waals surface area contributed by atoms with Crippen molar-refractivity contribution in [2.24, 2.45) is 4.99 Å². The molecule has 0 saturated carbocycles. The molecule has 3 aromatic carbocycles. The minimum Gasteiger partial charge on any atom is -0.457 e. The van der Waals surface area contributed by atoms with Gasteiger partial charge in [-0.3, -0.25) is 4.99 Å². The van der Waals surface area contributed by atoms with E-state index in [2.05, 4.69) is 4.99 Å². The molecule has 0 aliphatic heterocycles. The standard InChI is InChI=1S/C25H19NO3/c27-25(28-18-19-7-3-1-4-8-19)21-13-11-20(12-14-21)24-16-15-23(29-24)17-26-22-9-5-2-6-10-22/h1-17H,18H2. The molecular formula is C25H19NO3. The van der Waals surface area contributed by atoms with E-state index in [1.807, 2.05) is 84.9 Å². The summed E-state index contributed by atoms with van der Waals surface area (Å²) in [7, 11) is 0. The third-order valence-corrected chi connectivity index (χ3v) is 4.34. The van der Waals surface area contributed by atoms with Gasteiger partial charge in [-0.25, -0.2) is 4.79 Å².